The van der Waals surface area contributed by atoms with Gasteiger partial charge >= 0.3 is 0 Å². The highest BCUT2D eigenvalue weighted by Gasteiger charge is 2.26. The van der Waals surface area contributed by atoms with Crippen LogP contribution in [0.3, 0.4) is 0 Å². The molecule has 16 heavy (non-hydrogen) atoms. The molecule has 0 saturated carbocycles. The van der Waals surface area contributed by atoms with Gasteiger partial charge in [-0.25, -0.2) is 0 Å². The van der Waals surface area contributed by atoms with Crippen molar-refractivity contribution in [3.8, 4) is 0 Å². The Labute approximate surface area is 100 Å². The van der Waals surface area contributed by atoms with E-state index < -0.39 is 0 Å². The number of aromatic nitrogens is 2. The van der Waals surface area contributed by atoms with Crippen LogP contribution >= 0.6 is 11.5 Å². The molecule has 1 aromatic heterocycles. The SMILES string of the molecule is CCCc1nnsc1C(N)C1CCCOC1. The fourth-order valence-electron chi connectivity index (χ4n) is 2.14. The molecule has 4 nitrogen and oxygen atoms in total. The molecule has 1 aromatic rings. The summed E-state index contributed by atoms with van der Waals surface area (Å²) in [7, 11) is 0. The highest BCUT2D eigenvalue weighted by molar-refractivity contribution is 7.05. The van der Waals surface area contributed by atoms with Crippen LogP contribution in [-0.4, -0.2) is 22.8 Å². The zero-order valence-corrected chi connectivity index (χ0v) is 10.5. The van der Waals surface area contributed by atoms with Gasteiger partial charge in [0, 0.05) is 18.6 Å². The molecule has 1 fully saturated rings. The molecule has 0 amide bonds. The molecule has 2 rings (SSSR count). The fourth-order valence-corrected chi connectivity index (χ4v) is 2.93. The van der Waals surface area contributed by atoms with E-state index in [0.29, 0.717) is 5.92 Å². The molecule has 2 atom stereocenters. The van der Waals surface area contributed by atoms with E-state index in [1.165, 1.54) is 11.5 Å². The Kier molecular flexibility index (Phi) is 4.26. The first-order chi connectivity index (χ1) is 7.83. The third-order valence-corrected chi connectivity index (χ3v) is 3.95. The lowest BCUT2D eigenvalue weighted by atomic mass is 9.92. The molecule has 2 heterocycles. The second kappa shape index (κ2) is 5.70. The van der Waals surface area contributed by atoms with E-state index in [1.807, 2.05) is 0 Å². The van der Waals surface area contributed by atoms with Crippen LogP contribution in [0.25, 0.3) is 0 Å². The van der Waals surface area contributed by atoms with E-state index in [1.54, 1.807) is 0 Å². The third-order valence-electron chi connectivity index (χ3n) is 3.08. The van der Waals surface area contributed by atoms with Gasteiger partial charge in [0.25, 0.3) is 0 Å². The molecular formula is C11H19N3OS. The number of nitrogens with two attached hydrogens (primary N) is 1. The lowest BCUT2D eigenvalue weighted by molar-refractivity contribution is 0.0451. The van der Waals surface area contributed by atoms with Gasteiger partial charge in [0.1, 0.15) is 0 Å². The first-order valence-electron chi connectivity index (χ1n) is 5.97. The van der Waals surface area contributed by atoms with Crippen molar-refractivity contribution in [3.63, 3.8) is 0 Å². The summed E-state index contributed by atoms with van der Waals surface area (Å²) in [4.78, 5) is 1.16. The van der Waals surface area contributed by atoms with Gasteiger partial charge in [-0.2, -0.15) is 0 Å². The maximum absolute atomic E-state index is 6.30. The van der Waals surface area contributed by atoms with E-state index in [9.17, 15) is 0 Å². The van der Waals surface area contributed by atoms with Crippen LogP contribution in [0.15, 0.2) is 0 Å². The van der Waals surface area contributed by atoms with Crippen LogP contribution < -0.4 is 5.73 Å². The summed E-state index contributed by atoms with van der Waals surface area (Å²) < 4.78 is 9.51. The van der Waals surface area contributed by atoms with Crippen molar-refractivity contribution in [2.75, 3.05) is 13.2 Å². The first-order valence-corrected chi connectivity index (χ1v) is 6.74. The summed E-state index contributed by atoms with van der Waals surface area (Å²) >= 11 is 1.45. The molecule has 0 bridgehead atoms. The van der Waals surface area contributed by atoms with Crippen LogP contribution in [0.1, 0.15) is 42.8 Å². The molecule has 1 aliphatic rings. The van der Waals surface area contributed by atoms with Crippen LogP contribution in [-0.2, 0) is 11.2 Å². The van der Waals surface area contributed by atoms with Crippen molar-refractivity contribution in [2.45, 2.75) is 38.6 Å². The maximum atomic E-state index is 6.30. The van der Waals surface area contributed by atoms with Gasteiger partial charge in [-0.1, -0.05) is 17.8 Å². The van der Waals surface area contributed by atoms with E-state index in [-0.39, 0.29) is 6.04 Å². The standard InChI is InChI=1S/C11H19N3OS/c1-2-4-9-11(16-14-13-9)10(12)8-5-3-6-15-7-8/h8,10H,2-7,12H2,1H3. The highest BCUT2D eigenvalue weighted by atomic mass is 32.1. The predicted octanol–water partition coefficient (Wildman–Crippen LogP) is 1.92. The quantitative estimate of drug-likeness (QED) is 0.875. The minimum atomic E-state index is 0.0573. The first kappa shape index (κ1) is 12.0. The molecule has 0 aromatic carbocycles. The summed E-state index contributed by atoms with van der Waals surface area (Å²) in [6.45, 7) is 3.81. The molecule has 1 aliphatic heterocycles. The second-order valence-corrected chi connectivity index (χ2v) is 5.12. The largest absolute Gasteiger partial charge is 0.381 e. The Morgan fingerprint density at radius 2 is 2.50 bits per heavy atom. The average molecular weight is 241 g/mol. The van der Waals surface area contributed by atoms with Crippen LogP contribution in [0.4, 0.5) is 0 Å². The predicted molar refractivity (Wildman–Crippen MR) is 64.4 cm³/mol. The van der Waals surface area contributed by atoms with Gasteiger partial charge in [0.15, 0.2) is 0 Å². The van der Waals surface area contributed by atoms with Gasteiger partial charge in [-0.3, -0.25) is 0 Å². The van der Waals surface area contributed by atoms with Crippen molar-refractivity contribution in [3.05, 3.63) is 10.6 Å². The van der Waals surface area contributed by atoms with Gasteiger partial charge in [0.05, 0.1) is 17.2 Å². The van der Waals surface area contributed by atoms with Crippen molar-refractivity contribution < 1.29 is 4.74 Å². The molecule has 5 heteroatoms. The molecular weight excluding hydrogens is 222 g/mol. The molecule has 0 spiro atoms. The van der Waals surface area contributed by atoms with Gasteiger partial charge in [-0.15, -0.1) is 5.10 Å². The summed E-state index contributed by atoms with van der Waals surface area (Å²) in [5.41, 5.74) is 7.38. The fraction of sp³-hybridized carbons (Fsp3) is 0.818. The number of hydrogen-bond donors (Lipinski definition) is 1. The van der Waals surface area contributed by atoms with E-state index in [0.717, 1.165) is 49.5 Å². The van der Waals surface area contributed by atoms with Gasteiger partial charge in [0.2, 0.25) is 0 Å². The monoisotopic (exact) mass is 241 g/mol. The molecule has 2 N–H and O–H groups in total. The zero-order valence-electron chi connectivity index (χ0n) is 9.69. The normalized spacial score (nSPS) is 23.2. The van der Waals surface area contributed by atoms with Crippen LogP contribution in [0.5, 0.6) is 0 Å². The van der Waals surface area contributed by atoms with Crippen LogP contribution in [0, 0.1) is 5.92 Å². The van der Waals surface area contributed by atoms with Crippen LogP contribution in [0.2, 0.25) is 0 Å². The van der Waals surface area contributed by atoms with Gasteiger partial charge < -0.3 is 10.5 Å². The molecule has 90 valence electrons. The molecule has 0 aliphatic carbocycles. The Hall–Kier alpha value is -0.520. The third kappa shape index (κ3) is 2.59. The second-order valence-electron chi connectivity index (χ2n) is 4.34. The topological polar surface area (TPSA) is 61.0 Å². The molecule has 1 saturated heterocycles. The van der Waals surface area contributed by atoms with Crippen molar-refractivity contribution in [1.29, 1.82) is 0 Å². The highest BCUT2D eigenvalue weighted by Crippen LogP contribution is 2.30. The maximum Gasteiger partial charge on any atom is 0.0803 e. The minimum Gasteiger partial charge on any atom is -0.381 e. The van der Waals surface area contributed by atoms with Crippen molar-refractivity contribution in [1.82, 2.24) is 9.59 Å². The van der Waals surface area contributed by atoms with Crippen molar-refractivity contribution >= 4 is 11.5 Å². The number of hydrogen-bond acceptors (Lipinski definition) is 5. The summed E-state index contributed by atoms with van der Waals surface area (Å²) in [5.74, 6) is 0.437. The number of rotatable bonds is 4. The van der Waals surface area contributed by atoms with Gasteiger partial charge in [-0.05, 0) is 30.8 Å². The van der Waals surface area contributed by atoms with E-state index in [2.05, 4.69) is 16.5 Å². The number of aryl methyl sites for hydroxylation is 1. The average Bonchev–Trinajstić information content (AvgIpc) is 2.78. The Morgan fingerprint density at radius 1 is 1.62 bits per heavy atom. The summed E-state index contributed by atoms with van der Waals surface area (Å²) in [5, 5.41) is 4.17. The smallest absolute Gasteiger partial charge is 0.0803 e. The Bertz CT molecular complexity index is 323. The minimum absolute atomic E-state index is 0.0573. The lowest BCUT2D eigenvalue weighted by Gasteiger charge is -2.26. The zero-order chi connectivity index (χ0) is 11.4. The lowest BCUT2D eigenvalue weighted by Crippen LogP contribution is -2.29. The van der Waals surface area contributed by atoms with Crippen molar-refractivity contribution in [2.24, 2.45) is 11.7 Å². The summed E-state index contributed by atoms with van der Waals surface area (Å²) in [6, 6.07) is 0.0573. The van der Waals surface area contributed by atoms with E-state index in [4.69, 9.17) is 10.5 Å². The van der Waals surface area contributed by atoms with E-state index >= 15 is 0 Å². The molecule has 0 radical (unpaired) electrons. The summed E-state index contributed by atoms with van der Waals surface area (Å²) in [6.07, 6.45) is 4.34. The number of ether oxygens (including phenoxy) is 1. The Balaban J connectivity index is 2.06. The molecule has 2 unspecified atom stereocenters. The number of nitrogens with zero attached hydrogens (tertiary/aromatic N) is 2. The Morgan fingerprint density at radius 3 is 3.19 bits per heavy atom.